The lowest BCUT2D eigenvalue weighted by Gasteiger charge is -2.12. The Morgan fingerprint density at radius 1 is 1.44 bits per heavy atom. The molecule has 0 saturated carbocycles. The predicted molar refractivity (Wildman–Crippen MR) is 72.6 cm³/mol. The summed E-state index contributed by atoms with van der Waals surface area (Å²) in [5, 5.41) is 8.93. The monoisotopic (exact) mass is 282 g/mol. The Morgan fingerprint density at radius 3 is 2.89 bits per heavy atom. The summed E-state index contributed by atoms with van der Waals surface area (Å²) in [6.45, 7) is 0. The van der Waals surface area contributed by atoms with Crippen LogP contribution in [0, 0.1) is 11.3 Å². The minimum Gasteiger partial charge on any atom is -0.212 e. The first-order valence-corrected chi connectivity index (χ1v) is 8.47. The Bertz CT molecular complexity index is 558. The normalized spacial score (nSPS) is 19.6. The van der Waals surface area contributed by atoms with Crippen molar-refractivity contribution in [1.29, 1.82) is 5.26 Å². The molecule has 0 aromatic heterocycles. The number of hydrogen-bond donors (Lipinski definition) is 1. The highest BCUT2D eigenvalue weighted by molar-refractivity contribution is 7.99. The van der Waals surface area contributed by atoms with Crippen LogP contribution in [0.15, 0.2) is 24.3 Å². The van der Waals surface area contributed by atoms with E-state index >= 15 is 0 Å². The standard InChI is InChI=1S/C12H14N2O2S2/c13-7-10-3-1-2-4-11(10)9-18(15,16)14-12-5-6-17-8-12/h1-4,12,14H,5-6,8-9H2. The van der Waals surface area contributed by atoms with Crippen LogP contribution in [0.25, 0.3) is 0 Å². The van der Waals surface area contributed by atoms with Crippen molar-refractivity contribution in [1.82, 2.24) is 4.72 Å². The summed E-state index contributed by atoms with van der Waals surface area (Å²) < 4.78 is 26.7. The first-order chi connectivity index (χ1) is 8.61. The van der Waals surface area contributed by atoms with Crippen molar-refractivity contribution in [3.05, 3.63) is 35.4 Å². The van der Waals surface area contributed by atoms with E-state index in [0.29, 0.717) is 11.1 Å². The van der Waals surface area contributed by atoms with Crippen LogP contribution >= 0.6 is 11.8 Å². The second-order valence-corrected chi connectivity index (χ2v) is 7.11. The number of hydrogen-bond acceptors (Lipinski definition) is 4. The number of sulfonamides is 1. The van der Waals surface area contributed by atoms with Crippen molar-refractivity contribution in [2.45, 2.75) is 18.2 Å². The molecule has 0 amide bonds. The quantitative estimate of drug-likeness (QED) is 0.908. The minimum absolute atomic E-state index is 0.0363. The van der Waals surface area contributed by atoms with Crippen molar-refractivity contribution < 1.29 is 8.42 Å². The number of nitriles is 1. The molecule has 1 heterocycles. The van der Waals surface area contributed by atoms with Gasteiger partial charge < -0.3 is 0 Å². The molecule has 1 fully saturated rings. The summed E-state index contributed by atoms with van der Waals surface area (Å²) in [5.74, 6) is 1.71. The highest BCUT2D eigenvalue weighted by Crippen LogP contribution is 2.19. The van der Waals surface area contributed by atoms with E-state index in [1.165, 1.54) is 0 Å². The zero-order valence-corrected chi connectivity index (χ0v) is 11.4. The third-order valence-corrected chi connectivity index (χ3v) is 5.31. The first-order valence-electron chi connectivity index (χ1n) is 5.66. The molecule has 0 aliphatic carbocycles. The lowest BCUT2D eigenvalue weighted by atomic mass is 10.1. The summed E-state index contributed by atoms with van der Waals surface area (Å²) in [5.41, 5.74) is 0.974. The third-order valence-electron chi connectivity index (χ3n) is 2.76. The zero-order valence-electron chi connectivity index (χ0n) is 9.80. The van der Waals surface area contributed by atoms with E-state index in [9.17, 15) is 8.42 Å². The topological polar surface area (TPSA) is 70.0 Å². The number of benzene rings is 1. The average molecular weight is 282 g/mol. The molecule has 1 aromatic rings. The summed E-state index contributed by atoms with van der Waals surface area (Å²) >= 11 is 1.76. The van der Waals surface area contributed by atoms with Crippen molar-refractivity contribution in [2.75, 3.05) is 11.5 Å². The summed E-state index contributed by atoms with van der Waals surface area (Å²) in [4.78, 5) is 0. The Morgan fingerprint density at radius 2 is 2.22 bits per heavy atom. The van der Waals surface area contributed by atoms with E-state index < -0.39 is 10.0 Å². The fourth-order valence-electron chi connectivity index (χ4n) is 1.88. The largest absolute Gasteiger partial charge is 0.216 e. The third kappa shape index (κ3) is 3.48. The van der Waals surface area contributed by atoms with Gasteiger partial charge in [-0.1, -0.05) is 18.2 Å². The van der Waals surface area contributed by atoms with Crippen molar-refractivity contribution in [2.24, 2.45) is 0 Å². The van der Waals surface area contributed by atoms with E-state index in [4.69, 9.17) is 5.26 Å². The van der Waals surface area contributed by atoms with Crippen LogP contribution in [-0.4, -0.2) is 26.0 Å². The molecule has 1 aliphatic rings. The molecule has 0 bridgehead atoms. The zero-order chi connectivity index (χ0) is 13.0. The van der Waals surface area contributed by atoms with Crippen LogP contribution in [0.1, 0.15) is 17.5 Å². The van der Waals surface area contributed by atoms with Crippen LogP contribution in [0.2, 0.25) is 0 Å². The Balaban J connectivity index is 2.10. The molecule has 96 valence electrons. The SMILES string of the molecule is N#Cc1ccccc1CS(=O)(=O)NC1CCSC1. The van der Waals surface area contributed by atoms with E-state index in [-0.39, 0.29) is 11.8 Å². The van der Waals surface area contributed by atoms with Gasteiger partial charge in [-0.3, -0.25) is 0 Å². The smallest absolute Gasteiger partial charge is 0.212 e. The number of thioether (sulfide) groups is 1. The van der Waals surface area contributed by atoms with Gasteiger partial charge in [0.05, 0.1) is 17.4 Å². The van der Waals surface area contributed by atoms with Gasteiger partial charge in [-0.25, -0.2) is 13.1 Å². The highest BCUT2D eigenvalue weighted by atomic mass is 32.2. The van der Waals surface area contributed by atoms with E-state index in [1.54, 1.807) is 36.0 Å². The van der Waals surface area contributed by atoms with Gasteiger partial charge in [-0.2, -0.15) is 17.0 Å². The summed E-state index contributed by atoms with van der Waals surface area (Å²) in [7, 11) is -3.37. The van der Waals surface area contributed by atoms with Gasteiger partial charge in [-0.15, -0.1) is 0 Å². The molecule has 1 unspecified atom stereocenters. The summed E-state index contributed by atoms with van der Waals surface area (Å²) in [6, 6.07) is 8.85. The fourth-order valence-corrected chi connectivity index (χ4v) is 4.59. The van der Waals surface area contributed by atoms with E-state index in [2.05, 4.69) is 4.72 Å². The molecule has 0 spiro atoms. The van der Waals surface area contributed by atoms with Gasteiger partial charge in [-0.05, 0) is 23.8 Å². The summed E-state index contributed by atoms with van der Waals surface area (Å²) in [6.07, 6.45) is 0.879. The number of nitrogens with zero attached hydrogens (tertiary/aromatic N) is 1. The molecular formula is C12H14N2O2S2. The van der Waals surface area contributed by atoms with Crippen LogP contribution in [0.3, 0.4) is 0 Å². The molecule has 1 aromatic carbocycles. The second-order valence-electron chi connectivity index (χ2n) is 4.21. The lowest BCUT2D eigenvalue weighted by molar-refractivity contribution is 0.562. The van der Waals surface area contributed by atoms with E-state index in [0.717, 1.165) is 17.9 Å². The minimum atomic E-state index is -3.37. The second kappa shape index (κ2) is 5.74. The Labute approximate surface area is 111 Å². The maximum Gasteiger partial charge on any atom is 0.216 e. The molecule has 1 N–H and O–H groups in total. The predicted octanol–water partition coefficient (Wildman–Crippen LogP) is 1.48. The van der Waals surface area contributed by atoms with Crippen molar-refractivity contribution >= 4 is 21.8 Å². The van der Waals surface area contributed by atoms with Gasteiger partial charge in [0.2, 0.25) is 10.0 Å². The van der Waals surface area contributed by atoms with Crippen LogP contribution in [0.5, 0.6) is 0 Å². The number of nitrogens with one attached hydrogen (secondary N) is 1. The number of rotatable bonds is 4. The molecule has 4 nitrogen and oxygen atoms in total. The first kappa shape index (κ1) is 13.4. The molecule has 1 atom stereocenters. The molecule has 0 radical (unpaired) electrons. The van der Waals surface area contributed by atoms with Gasteiger partial charge in [0.1, 0.15) is 0 Å². The molecule has 6 heteroatoms. The Kier molecular flexibility index (Phi) is 4.27. The fraction of sp³-hybridized carbons (Fsp3) is 0.417. The highest BCUT2D eigenvalue weighted by Gasteiger charge is 2.22. The van der Waals surface area contributed by atoms with Crippen LogP contribution in [-0.2, 0) is 15.8 Å². The average Bonchev–Trinajstić information content (AvgIpc) is 2.81. The molecule has 18 heavy (non-hydrogen) atoms. The Hall–Kier alpha value is -1.03. The lowest BCUT2D eigenvalue weighted by Crippen LogP contribution is -2.35. The van der Waals surface area contributed by atoms with Crippen LogP contribution in [0.4, 0.5) is 0 Å². The maximum absolute atomic E-state index is 12.0. The maximum atomic E-state index is 12.0. The molecule has 2 rings (SSSR count). The van der Waals surface area contributed by atoms with Gasteiger partial charge in [0.25, 0.3) is 0 Å². The van der Waals surface area contributed by atoms with Crippen molar-refractivity contribution in [3.8, 4) is 6.07 Å². The van der Waals surface area contributed by atoms with Gasteiger partial charge in [0, 0.05) is 11.8 Å². The molecular weight excluding hydrogens is 268 g/mol. The van der Waals surface area contributed by atoms with Gasteiger partial charge in [0.15, 0.2) is 0 Å². The molecule has 1 aliphatic heterocycles. The molecule has 1 saturated heterocycles. The van der Waals surface area contributed by atoms with Gasteiger partial charge >= 0.3 is 0 Å². The van der Waals surface area contributed by atoms with E-state index in [1.807, 2.05) is 6.07 Å². The van der Waals surface area contributed by atoms with Crippen LogP contribution < -0.4 is 4.72 Å². The van der Waals surface area contributed by atoms with Crippen molar-refractivity contribution in [3.63, 3.8) is 0 Å².